The zero-order valence-corrected chi connectivity index (χ0v) is 12.9. The van der Waals surface area contributed by atoms with Gasteiger partial charge in [-0.25, -0.2) is 0 Å². The highest BCUT2D eigenvalue weighted by Crippen LogP contribution is 2.27. The second kappa shape index (κ2) is 5.69. The third kappa shape index (κ3) is 2.69. The summed E-state index contributed by atoms with van der Waals surface area (Å²) in [5.41, 5.74) is 8.83. The molecule has 0 fully saturated rings. The average molecular weight is 344 g/mol. The maximum Gasteiger partial charge on any atom is 0.259 e. The molecule has 0 bridgehead atoms. The molecule has 1 aliphatic rings. The third-order valence-electron chi connectivity index (χ3n) is 3.37. The number of aliphatic imine (C=N–C) groups is 1. The van der Waals surface area contributed by atoms with E-state index in [1.807, 2.05) is 36.4 Å². The number of benzodiazepines with no additional fused rings is 1. The van der Waals surface area contributed by atoms with Crippen molar-refractivity contribution in [3.05, 3.63) is 58.1 Å². The zero-order valence-electron chi connectivity index (χ0n) is 11.3. The van der Waals surface area contributed by atoms with Gasteiger partial charge < -0.3 is 10.6 Å². The van der Waals surface area contributed by atoms with Crippen LogP contribution in [0.2, 0.25) is 0 Å². The highest BCUT2D eigenvalue weighted by atomic mass is 79.9. The number of carbonyl (C=O) groups excluding carboxylic acids is 1. The van der Waals surface area contributed by atoms with Crippen molar-refractivity contribution >= 4 is 39.4 Å². The topological polar surface area (TPSA) is 58.7 Å². The van der Waals surface area contributed by atoms with Gasteiger partial charge in [0.1, 0.15) is 0 Å². The normalized spacial score (nSPS) is 13.7. The quantitative estimate of drug-likeness (QED) is 0.808. The van der Waals surface area contributed by atoms with Crippen LogP contribution in [-0.2, 0) is 0 Å². The van der Waals surface area contributed by atoms with Gasteiger partial charge in [-0.2, -0.15) is 0 Å². The number of nitrogens with zero attached hydrogens (tertiary/aromatic N) is 2. The Kier molecular flexibility index (Phi) is 3.75. The second-order valence-electron chi connectivity index (χ2n) is 4.79. The molecule has 21 heavy (non-hydrogen) atoms. The van der Waals surface area contributed by atoms with Crippen LogP contribution in [-0.4, -0.2) is 25.2 Å². The Hall–Kier alpha value is -2.14. The molecule has 1 amide bonds. The van der Waals surface area contributed by atoms with Crippen molar-refractivity contribution in [2.45, 2.75) is 0 Å². The molecule has 0 spiro atoms. The molecular formula is C16H14BrN3O. The Bertz CT molecular complexity index is 727. The standard InChI is InChI=1S/C16H14BrN3O/c17-14-4-2-1-3-13(14)16(21)20-8-7-19-10-11-9-12(18)5-6-15(11)20/h1-6,9-10H,7-8,18H2. The third-order valence-corrected chi connectivity index (χ3v) is 4.07. The molecule has 1 heterocycles. The highest BCUT2D eigenvalue weighted by Gasteiger charge is 2.22. The van der Waals surface area contributed by atoms with Gasteiger partial charge in [-0.3, -0.25) is 9.79 Å². The number of hydrogen-bond acceptors (Lipinski definition) is 3. The number of nitrogen functional groups attached to an aromatic ring is 1. The Morgan fingerprint density at radius 3 is 2.86 bits per heavy atom. The smallest absolute Gasteiger partial charge is 0.259 e. The van der Waals surface area contributed by atoms with Crippen LogP contribution in [0.15, 0.2) is 51.9 Å². The van der Waals surface area contributed by atoms with Crippen LogP contribution in [0.5, 0.6) is 0 Å². The van der Waals surface area contributed by atoms with Crippen LogP contribution >= 0.6 is 15.9 Å². The van der Waals surface area contributed by atoms with Crippen LogP contribution in [0.4, 0.5) is 11.4 Å². The summed E-state index contributed by atoms with van der Waals surface area (Å²) in [6.45, 7) is 1.12. The van der Waals surface area contributed by atoms with Gasteiger partial charge in [-0.05, 0) is 46.3 Å². The highest BCUT2D eigenvalue weighted by molar-refractivity contribution is 9.10. The monoisotopic (exact) mass is 343 g/mol. The number of benzene rings is 2. The fourth-order valence-corrected chi connectivity index (χ4v) is 2.81. The minimum absolute atomic E-state index is 0.0426. The van der Waals surface area contributed by atoms with E-state index in [9.17, 15) is 4.79 Å². The van der Waals surface area contributed by atoms with E-state index in [0.29, 0.717) is 24.3 Å². The van der Waals surface area contributed by atoms with Gasteiger partial charge in [-0.1, -0.05) is 12.1 Å². The van der Waals surface area contributed by atoms with E-state index in [-0.39, 0.29) is 5.91 Å². The number of rotatable bonds is 1. The second-order valence-corrected chi connectivity index (χ2v) is 5.64. The Labute approximate surface area is 131 Å². The van der Waals surface area contributed by atoms with Gasteiger partial charge in [0, 0.05) is 28.5 Å². The summed E-state index contributed by atoms with van der Waals surface area (Å²) >= 11 is 3.44. The van der Waals surface area contributed by atoms with Gasteiger partial charge in [0.25, 0.3) is 5.91 Å². The van der Waals surface area contributed by atoms with E-state index in [4.69, 9.17) is 5.73 Å². The summed E-state index contributed by atoms with van der Waals surface area (Å²) in [6, 6.07) is 12.9. The number of carbonyl (C=O) groups is 1. The number of hydrogen-bond donors (Lipinski definition) is 1. The predicted octanol–water partition coefficient (Wildman–Crippen LogP) is 3.11. The molecular weight excluding hydrogens is 330 g/mol. The van der Waals surface area contributed by atoms with Crippen molar-refractivity contribution in [1.29, 1.82) is 0 Å². The lowest BCUT2D eigenvalue weighted by Crippen LogP contribution is -2.33. The van der Waals surface area contributed by atoms with Gasteiger partial charge in [-0.15, -0.1) is 0 Å². The number of halogens is 1. The summed E-state index contributed by atoms with van der Waals surface area (Å²) in [4.78, 5) is 18.9. The first-order valence-electron chi connectivity index (χ1n) is 6.62. The van der Waals surface area contributed by atoms with Gasteiger partial charge in [0.05, 0.1) is 17.8 Å². The molecule has 5 heteroatoms. The van der Waals surface area contributed by atoms with Crippen molar-refractivity contribution in [2.24, 2.45) is 4.99 Å². The molecule has 0 aliphatic carbocycles. The van der Waals surface area contributed by atoms with E-state index in [1.54, 1.807) is 17.2 Å². The molecule has 106 valence electrons. The van der Waals surface area contributed by atoms with Gasteiger partial charge in [0.15, 0.2) is 0 Å². The number of amides is 1. The molecule has 2 N–H and O–H groups in total. The Morgan fingerprint density at radius 2 is 2.05 bits per heavy atom. The van der Waals surface area contributed by atoms with Crippen LogP contribution in [0, 0.1) is 0 Å². The fraction of sp³-hybridized carbons (Fsp3) is 0.125. The minimum Gasteiger partial charge on any atom is -0.399 e. The van der Waals surface area contributed by atoms with Crippen molar-refractivity contribution in [2.75, 3.05) is 23.7 Å². The summed E-state index contributed by atoms with van der Waals surface area (Å²) in [5.74, 6) is -0.0426. The van der Waals surface area contributed by atoms with Crippen LogP contribution in [0.1, 0.15) is 15.9 Å². The minimum atomic E-state index is -0.0426. The molecule has 3 rings (SSSR count). The van der Waals surface area contributed by atoms with E-state index in [0.717, 1.165) is 15.7 Å². The molecule has 0 radical (unpaired) electrons. The zero-order chi connectivity index (χ0) is 14.8. The number of fused-ring (bicyclic) bond motifs is 1. The molecule has 0 saturated heterocycles. The van der Waals surface area contributed by atoms with Crippen molar-refractivity contribution in [3.8, 4) is 0 Å². The van der Waals surface area contributed by atoms with E-state index in [1.165, 1.54) is 0 Å². The van der Waals surface area contributed by atoms with E-state index >= 15 is 0 Å². The van der Waals surface area contributed by atoms with Crippen LogP contribution in [0.25, 0.3) is 0 Å². The predicted molar refractivity (Wildman–Crippen MR) is 89.1 cm³/mol. The van der Waals surface area contributed by atoms with Crippen LogP contribution in [0.3, 0.4) is 0 Å². The molecule has 2 aromatic rings. The number of anilines is 2. The molecule has 4 nitrogen and oxygen atoms in total. The number of nitrogens with two attached hydrogens (primary N) is 1. The summed E-state index contributed by atoms with van der Waals surface area (Å²) < 4.78 is 0.789. The van der Waals surface area contributed by atoms with Crippen molar-refractivity contribution in [1.82, 2.24) is 0 Å². The molecule has 0 saturated carbocycles. The summed E-state index contributed by atoms with van der Waals surface area (Å²) in [5, 5.41) is 0. The lowest BCUT2D eigenvalue weighted by atomic mass is 10.1. The van der Waals surface area contributed by atoms with Gasteiger partial charge >= 0.3 is 0 Å². The first kappa shape index (κ1) is 13.8. The lowest BCUT2D eigenvalue weighted by Gasteiger charge is -2.23. The van der Waals surface area contributed by atoms with Crippen molar-refractivity contribution in [3.63, 3.8) is 0 Å². The summed E-state index contributed by atoms with van der Waals surface area (Å²) in [6.07, 6.45) is 1.78. The first-order valence-corrected chi connectivity index (χ1v) is 7.42. The molecule has 1 aliphatic heterocycles. The molecule has 0 aromatic heterocycles. The van der Waals surface area contributed by atoms with E-state index < -0.39 is 0 Å². The summed E-state index contributed by atoms with van der Waals surface area (Å²) in [7, 11) is 0. The maximum absolute atomic E-state index is 12.8. The Balaban J connectivity index is 2.05. The van der Waals surface area contributed by atoms with Crippen molar-refractivity contribution < 1.29 is 4.79 Å². The van der Waals surface area contributed by atoms with E-state index in [2.05, 4.69) is 20.9 Å². The average Bonchev–Trinajstić information content (AvgIpc) is 2.69. The molecule has 0 atom stereocenters. The largest absolute Gasteiger partial charge is 0.399 e. The SMILES string of the molecule is Nc1ccc2c(c1)C=NCCN2C(=O)c1ccccc1Br. The lowest BCUT2D eigenvalue weighted by molar-refractivity contribution is 0.0987. The fourth-order valence-electron chi connectivity index (χ4n) is 2.35. The molecule has 2 aromatic carbocycles. The Morgan fingerprint density at radius 1 is 1.24 bits per heavy atom. The maximum atomic E-state index is 12.8. The van der Waals surface area contributed by atoms with Gasteiger partial charge in [0.2, 0.25) is 0 Å². The first-order chi connectivity index (χ1) is 10.2. The molecule has 0 unspecified atom stereocenters. The van der Waals surface area contributed by atoms with Crippen LogP contribution < -0.4 is 10.6 Å².